The molecule has 1 aromatic rings. The maximum atomic E-state index is 11.8. The van der Waals surface area contributed by atoms with Crippen LogP contribution in [0.2, 0.25) is 0 Å². The van der Waals surface area contributed by atoms with Gasteiger partial charge < -0.3 is 10.0 Å². The first-order valence-electron chi connectivity index (χ1n) is 6.58. The maximum absolute atomic E-state index is 11.8. The third kappa shape index (κ3) is 3.71. The molecule has 1 aliphatic rings. The molecule has 3 N–H and O–H groups in total. The average molecular weight is 291 g/mol. The summed E-state index contributed by atoms with van der Waals surface area (Å²) in [5.41, 5.74) is 6.25. The van der Waals surface area contributed by atoms with Crippen LogP contribution in [0.4, 0.5) is 5.69 Å². The molecule has 2 amide bonds. The lowest BCUT2D eigenvalue weighted by Crippen LogP contribution is -2.48. The molecule has 1 atom stereocenters. The highest BCUT2D eigenvalue weighted by atomic mass is 16.4. The second-order valence-corrected chi connectivity index (χ2v) is 4.98. The molecule has 0 radical (unpaired) electrons. The van der Waals surface area contributed by atoms with Crippen LogP contribution in [0, 0.1) is 5.92 Å². The number of benzene rings is 1. The van der Waals surface area contributed by atoms with E-state index >= 15 is 0 Å². The van der Waals surface area contributed by atoms with Gasteiger partial charge >= 0.3 is 5.97 Å². The number of carbonyl (C=O) groups is 3. The first-order chi connectivity index (χ1) is 9.97. The van der Waals surface area contributed by atoms with Gasteiger partial charge in [0.25, 0.3) is 5.91 Å². The number of anilines is 1. The summed E-state index contributed by atoms with van der Waals surface area (Å²) in [6.07, 6.45) is 0.454. The fourth-order valence-electron chi connectivity index (χ4n) is 2.37. The third-order valence-corrected chi connectivity index (χ3v) is 3.30. The van der Waals surface area contributed by atoms with E-state index in [-0.39, 0.29) is 19.0 Å². The van der Waals surface area contributed by atoms with E-state index in [2.05, 4.69) is 10.9 Å². The Morgan fingerprint density at radius 1 is 1.29 bits per heavy atom. The predicted molar refractivity (Wildman–Crippen MR) is 75.4 cm³/mol. The number of fused-ring (bicyclic) bond motifs is 1. The SMILES string of the molecule is CC(=O)NNC(=O)CN1CC(C(=O)O)Cc2ccccc21. The number of carbonyl (C=O) groups excluding carboxylic acids is 2. The van der Waals surface area contributed by atoms with Crippen molar-refractivity contribution < 1.29 is 19.5 Å². The number of nitrogens with one attached hydrogen (secondary N) is 2. The largest absolute Gasteiger partial charge is 0.481 e. The van der Waals surface area contributed by atoms with Crippen LogP contribution in [-0.4, -0.2) is 36.0 Å². The second-order valence-electron chi connectivity index (χ2n) is 4.98. The van der Waals surface area contributed by atoms with E-state index in [1.54, 1.807) is 4.90 Å². The summed E-state index contributed by atoms with van der Waals surface area (Å²) in [6.45, 7) is 1.54. The molecular formula is C14H17N3O4. The number of hydrazine groups is 1. The number of nitrogens with zero attached hydrogens (tertiary/aromatic N) is 1. The van der Waals surface area contributed by atoms with E-state index in [0.29, 0.717) is 6.42 Å². The van der Waals surface area contributed by atoms with Crippen LogP contribution < -0.4 is 15.8 Å². The highest BCUT2D eigenvalue weighted by molar-refractivity contribution is 5.85. The van der Waals surface area contributed by atoms with Crippen molar-refractivity contribution in [1.82, 2.24) is 10.9 Å². The number of para-hydroxylation sites is 1. The molecule has 2 rings (SSSR count). The van der Waals surface area contributed by atoms with Gasteiger partial charge in [0, 0.05) is 19.2 Å². The molecule has 7 nitrogen and oxygen atoms in total. The summed E-state index contributed by atoms with van der Waals surface area (Å²) in [5.74, 6) is -2.19. The number of carboxylic acid groups (broad SMARTS) is 1. The minimum atomic E-state index is -0.878. The number of hydrogen-bond donors (Lipinski definition) is 3. The normalized spacial score (nSPS) is 16.8. The fourth-order valence-corrected chi connectivity index (χ4v) is 2.37. The average Bonchev–Trinajstić information content (AvgIpc) is 2.45. The Hall–Kier alpha value is -2.57. The molecule has 0 spiro atoms. The van der Waals surface area contributed by atoms with E-state index < -0.39 is 17.8 Å². The first-order valence-corrected chi connectivity index (χ1v) is 6.58. The highest BCUT2D eigenvalue weighted by Crippen LogP contribution is 2.29. The van der Waals surface area contributed by atoms with Gasteiger partial charge in [0.05, 0.1) is 12.5 Å². The molecule has 0 saturated carbocycles. The lowest BCUT2D eigenvalue weighted by atomic mass is 9.92. The topological polar surface area (TPSA) is 98.7 Å². The summed E-state index contributed by atoms with van der Waals surface area (Å²) in [4.78, 5) is 35.5. The third-order valence-electron chi connectivity index (χ3n) is 3.30. The molecule has 0 aliphatic carbocycles. The smallest absolute Gasteiger partial charge is 0.308 e. The van der Waals surface area contributed by atoms with Crippen molar-refractivity contribution in [2.75, 3.05) is 18.0 Å². The predicted octanol–water partition coefficient (Wildman–Crippen LogP) is -0.0828. The van der Waals surface area contributed by atoms with Gasteiger partial charge in [-0.2, -0.15) is 0 Å². The van der Waals surface area contributed by atoms with Crippen molar-refractivity contribution in [1.29, 1.82) is 0 Å². The van der Waals surface area contributed by atoms with Crippen molar-refractivity contribution in [3.63, 3.8) is 0 Å². The van der Waals surface area contributed by atoms with E-state index in [1.807, 2.05) is 24.3 Å². The van der Waals surface area contributed by atoms with Gasteiger partial charge in [0.15, 0.2) is 0 Å². The molecule has 21 heavy (non-hydrogen) atoms. The Labute approximate surface area is 121 Å². The number of aliphatic carboxylic acids is 1. The first kappa shape index (κ1) is 14.8. The summed E-state index contributed by atoms with van der Waals surface area (Å²) in [6, 6.07) is 7.42. The van der Waals surface area contributed by atoms with Crippen LogP contribution in [0.5, 0.6) is 0 Å². The van der Waals surface area contributed by atoms with Crippen molar-refractivity contribution in [2.45, 2.75) is 13.3 Å². The van der Waals surface area contributed by atoms with Gasteiger partial charge in [-0.1, -0.05) is 18.2 Å². The van der Waals surface area contributed by atoms with E-state index in [4.69, 9.17) is 0 Å². The number of rotatable bonds is 3. The molecule has 0 saturated heterocycles. The Morgan fingerprint density at radius 3 is 2.67 bits per heavy atom. The number of amides is 2. The van der Waals surface area contributed by atoms with Crippen molar-refractivity contribution in [2.24, 2.45) is 5.92 Å². The molecule has 1 unspecified atom stereocenters. The van der Waals surface area contributed by atoms with E-state index in [1.165, 1.54) is 6.92 Å². The molecule has 0 bridgehead atoms. The van der Waals surface area contributed by atoms with Crippen LogP contribution in [0.15, 0.2) is 24.3 Å². The number of carboxylic acids is 1. The van der Waals surface area contributed by atoms with Gasteiger partial charge in [-0.3, -0.25) is 25.2 Å². The van der Waals surface area contributed by atoms with Crippen LogP contribution in [0.3, 0.4) is 0 Å². The van der Waals surface area contributed by atoms with Crippen LogP contribution in [0.1, 0.15) is 12.5 Å². The zero-order chi connectivity index (χ0) is 15.4. The zero-order valence-electron chi connectivity index (χ0n) is 11.6. The molecule has 0 aromatic heterocycles. The van der Waals surface area contributed by atoms with E-state index in [0.717, 1.165) is 11.3 Å². The minimum absolute atomic E-state index is 0.0128. The summed E-state index contributed by atoms with van der Waals surface area (Å²) in [7, 11) is 0. The molecule has 1 aliphatic heterocycles. The number of hydrogen-bond acceptors (Lipinski definition) is 4. The summed E-state index contributed by atoms with van der Waals surface area (Å²) in [5, 5.41) is 9.21. The quantitative estimate of drug-likeness (QED) is 0.676. The molecular weight excluding hydrogens is 274 g/mol. The van der Waals surface area contributed by atoms with Crippen LogP contribution in [0.25, 0.3) is 0 Å². The summed E-state index contributed by atoms with van der Waals surface area (Å²) < 4.78 is 0. The lowest BCUT2D eigenvalue weighted by Gasteiger charge is -2.34. The summed E-state index contributed by atoms with van der Waals surface area (Å²) >= 11 is 0. The minimum Gasteiger partial charge on any atom is -0.481 e. The Bertz CT molecular complexity index is 573. The Kier molecular flexibility index (Phi) is 4.42. The fraction of sp³-hybridized carbons (Fsp3) is 0.357. The molecule has 1 aromatic carbocycles. The molecule has 112 valence electrons. The lowest BCUT2D eigenvalue weighted by molar-refractivity contribution is -0.141. The van der Waals surface area contributed by atoms with Crippen LogP contribution in [-0.2, 0) is 20.8 Å². The van der Waals surface area contributed by atoms with Crippen molar-refractivity contribution in [3.8, 4) is 0 Å². The Balaban J connectivity index is 2.12. The zero-order valence-corrected chi connectivity index (χ0v) is 11.6. The monoisotopic (exact) mass is 291 g/mol. The van der Waals surface area contributed by atoms with Crippen molar-refractivity contribution >= 4 is 23.5 Å². The Morgan fingerprint density at radius 2 is 2.00 bits per heavy atom. The van der Waals surface area contributed by atoms with Gasteiger partial charge in [-0.25, -0.2) is 0 Å². The molecule has 7 heteroatoms. The highest BCUT2D eigenvalue weighted by Gasteiger charge is 2.29. The van der Waals surface area contributed by atoms with Crippen LogP contribution >= 0.6 is 0 Å². The van der Waals surface area contributed by atoms with Gasteiger partial charge in [-0.05, 0) is 18.1 Å². The standard InChI is InChI=1S/C14H17N3O4/c1-9(18)15-16-13(19)8-17-7-11(14(20)21)6-10-4-2-3-5-12(10)17/h2-5,11H,6-8H2,1H3,(H,15,18)(H,16,19)(H,20,21). The molecule has 0 fully saturated rings. The second kappa shape index (κ2) is 6.25. The maximum Gasteiger partial charge on any atom is 0.308 e. The van der Waals surface area contributed by atoms with Gasteiger partial charge in [0.2, 0.25) is 5.91 Å². The van der Waals surface area contributed by atoms with Crippen molar-refractivity contribution in [3.05, 3.63) is 29.8 Å². The molecule has 1 heterocycles. The van der Waals surface area contributed by atoms with E-state index in [9.17, 15) is 19.5 Å². The van der Waals surface area contributed by atoms with Gasteiger partial charge in [0.1, 0.15) is 0 Å². The van der Waals surface area contributed by atoms with Gasteiger partial charge in [-0.15, -0.1) is 0 Å².